The second kappa shape index (κ2) is 9.29. The SMILES string of the molecule is Cc1c(F)c(F)cc(C2=CCN(CCc3ccc(-c4cccc(Cl)c4)cc3)CC2)c1F. The third-order valence-corrected chi connectivity index (χ3v) is 6.08. The molecule has 0 amide bonds. The lowest BCUT2D eigenvalue weighted by Gasteiger charge is -2.27. The molecule has 0 spiro atoms. The van der Waals surface area contributed by atoms with Crippen LogP contribution in [0.25, 0.3) is 16.7 Å². The number of benzene rings is 3. The molecule has 0 saturated heterocycles. The monoisotopic (exact) mass is 441 g/mol. The van der Waals surface area contributed by atoms with Gasteiger partial charge in [-0.15, -0.1) is 0 Å². The summed E-state index contributed by atoms with van der Waals surface area (Å²) >= 11 is 6.08. The van der Waals surface area contributed by atoms with Crippen LogP contribution in [-0.4, -0.2) is 24.5 Å². The summed E-state index contributed by atoms with van der Waals surface area (Å²) in [5.74, 6) is -2.78. The van der Waals surface area contributed by atoms with Gasteiger partial charge in [0.15, 0.2) is 11.6 Å². The molecular weight excluding hydrogens is 419 g/mol. The second-order valence-corrected chi connectivity index (χ2v) is 8.33. The molecule has 3 aromatic carbocycles. The van der Waals surface area contributed by atoms with Crippen LogP contribution < -0.4 is 0 Å². The normalized spacial score (nSPS) is 14.5. The van der Waals surface area contributed by atoms with E-state index in [4.69, 9.17) is 11.6 Å². The maximum absolute atomic E-state index is 14.4. The third-order valence-electron chi connectivity index (χ3n) is 5.84. The summed E-state index contributed by atoms with van der Waals surface area (Å²) in [6, 6.07) is 17.2. The molecule has 0 unspecified atom stereocenters. The Morgan fingerprint density at radius 3 is 2.39 bits per heavy atom. The van der Waals surface area contributed by atoms with Gasteiger partial charge in [-0.2, -0.15) is 0 Å². The molecule has 0 N–H and O–H groups in total. The second-order valence-electron chi connectivity index (χ2n) is 7.90. The van der Waals surface area contributed by atoms with Gasteiger partial charge in [0.1, 0.15) is 5.82 Å². The molecule has 160 valence electrons. The topological polar surface area (TPSA) is 3.24 Å². The van der Waals surface area contributed by atoms with E-state index in [0.29, 0.717) is 13.0 Å². The van der Waals surface area contributed by atoms with Crippen molar-refractivity contribution in [1.29, 1.82) is 0 Å². The minimum atomic E-state index is -1.11. The van der Waals surface area contributed by atoms with Crippen LogP contribution in [0.5, 0.6) is 0 Å². The fourth-order valence-electron chi connectivity index (χ4n) is 3.94. The molecular formula is C26H23ClF3N. The zero-order chi connectivity index (χ0) is 22.0. The molecule has 1 aliphatic heterocycles. The Bertz CT molecular complexity index is 1120. The molecule has 0 saturated carbocycles. The Morgan fingerprint density at radius 1 is 0.935 bits per heavy atom. The van der Waals surface area contributed by atoms with Gasteiger partial charge in [-0.05, 0) is 60.2 Å². The van der Waals surface area contributed by atoms with Crippen molar-refractivity contribution in [3.8, 4) is 11.1 Å². The van der Waals surface area contributed by atoms with Crippen molar-refractivity contribution in [2.45, 2.75) is 19.8 Å². The van der Waals surface area contributed by atoms with Crippen molar-refractivity contribution in [2.75, 3.05) is 19.6 Å². The Morgan fingerprint density at radius 2 is 1.71 bits per heavy atom. The number of hydrogen-bond donors (Lipinski definition) is 0. The van der Waals surface area contributed by atoms with E-state index < -0.39 is 17.5 Å². The highest BCUT2D eigenvalue weighted by molar-refractivity contribution is 6.30. The van der Waals surface area contributed by atoms with E-state index in [1.807, 2.05) is 30.3 Å². The number of nitrogens with zero attached hydrogens (tertiary/aromatic N) is 1. The van der Waals surface area contributed by atoms with Gasteiger partial charge in [-0.25, -0.2) is 13.2 Å². The molecule has 0 radical (unpaired) electrons. The van der Waals surface area contributed by atoms with E-state index in [2.05, 4.69) is 29.2 Å². The fourth-order valence-corrected chi connectivity index (χ4v) is 4.13. The molecule has 0 bridgehead atoms. The molecule has 5 heteroatoms. The lowest BCUT2D eigenvalue weighted by molar-refractivity contribution is 0.305. The summed E-state index contributed by atoms with van der Waals surface area (Å²) in [5.41, 5.74) is 4.10. The summed E-state index contributed by atoms with van der Waals surface area (Å²) in [5, 5.41) is 0.720. The van der Waals surface area contributed by atoms with Crippen LogP contribution in [0, 0.1) is 24.4 Å². The van der Waals surface area contributed by atoms with Gasteiger partial charge < -0.3 is 0 Å². The highest BCUT2D eigenvalue weighted by Crippen LogP contribution is 2.29. The molecule has 0 aromatic heterocycles. The van der Waals surface area contributed by atoms with Gasteiger partial charge >= 0.3 is 0 Å². The molecule has 0 fully saturated rings. The van der Waals surface area contributed by atoms with Crippen LogP contribution in [-0.2, 0) is 6.42 Å². The fraction of sp³-hybridized carbons (Fsp3) is 0.231. The third kappa shape index (κ3) is 4.86. The molecule has 3 aromatic rings. The Kier molecular flexibility index (Phi) is 6.49. The quantitative estimate of drug-likeness (QED) is 0.383. The van der Waals surface area contributed by atoms with Crippen molar-refractivity contribution in [3.05, 3.63) is 99.8 Å². The van der Waals surface area contributed by atoms with Crippen molar-refractivity contribution in [2.24, 2.45) is 0 Å². The summed E-state index contributed by atoms with van der Waals surface area (Å²) in [6.07, 6.45) is 3.42. The number of halogens is 4. The maximum Gasteiger partial charge on any atom is 0.164 e. The van der Waals surface area contributed by atoms with Crippen LogP contribution in [0.2, 0.25) is 5.02 Å². The van der Waals surface area contributed by atoms with E-state index in [9.17, 15) is 13.2 Å². The van der Waals surface area contributed by atoms with Crippen LogP contribution in [0.4, 0.5) is 13.2 Å². The predicted molar refractivity (Wildman–Crippen MR) is 121 cm³/mol. The Hall–Kier alpha value is -2.56. The average Bonchev–Trinajstić information content (AvgIpc) is 2.79. The summed E-state index contributed by atoms with van der Waals surface area (Å²) in [6.45, 7) is 3.56. The summed E-state index contributed by atoms with van der Waals surface area (Å²) in [7, 11) is 0. The molecule has 1 aliphatic rings. The first-order valence-electron chi connectivity index (χ1n) is 10.3. The zero-order valence-electron chi connectivity index (χ0n) is 17.3. The van der Waals surface area contributed by atoms with Crippen LogP contribution >= 0.6 is 11.6 Å². The molecule has 0 atom stereocenters. The molecule has 1 heterocycles. The van der Waals surface area contributed by atoms with E-state index in [0.717, 1.165) is 47.3 Å². The zero-order valence-corrected chi connectivity index (χ0v) is 18.0. The van der Waals surface area contributed by atoms with Gasteiger partial charge in [0.25, 0.3) is 0 Å². The lowest BCUT2D eigenvalue weighted by Crippen LogP contribution is -2.30. The summed E-state index contributed by atoms with van der Waals surface area (Å²) < 4.78 is 41.7. The van der Waals surface area contributed by atoms with Gasteiger partial charge in [0, 0.05) is 35.8 Å². The minimum absolute atomic E-state index is 0.174. The lowest BCUT2D eigenvalue weighted by atomic mass is 9.96. The predicted octanol–water partition coefficient (Wildman–Crippen LogP) is 7.06. The number of rotatable bonds is 5. The largest absolute Gasteiger partial charge is 0.299 e. The average molecular weight is 442 g/mol. The maximum atomic E-state index is 14.4. The standard InChI is InChI=1S/C26H23ClF3N/c1-17-25(29)23(16-24(28)26(17)30)20-10-13-31(14-11-20)12-9-18-5-7-19(8-6-18)21-3-2-4-22(27)15-21/h2-8,10,15-16H,9,11-14H2,1H3. The van der Waals surface area contributed by atoms with E-state index in [1.54, 1.807) is 0 Å². The minimum Gasteiger partial charge on any atom is -0.299 e. The number of hydrogen-bond acceptors (Lipinski definition) is 1. The highest BCUT2D eigenvalue weighted by atomic mass is 35.5. The molecule has 1 nitrogen and oxygen atoms in total. The van der Waals surface area contributed by atoms with Crippen molar-refractivity contribution in [1.82, 2.24) is 4.90 Å². The van der Waals surface area contributed by atoms with E-state index in [-0.39, 0.29) is 11.1 Å². The summed E-state index contributed by atoms with van der Waals surface area (Å²) in [4.78, 5) is 2.28. The Labute approximate surface area is 185 Å². The first-order chi connectivity index (χ1) is 14.9. The molecule has 4 rings (SSSR count). The van der Waals surface area contributed by atoms with Crippen molar-refractivity contribution >= 4 is 17.2 Å². The van der Waals surface area contributed by atoms with Crippen LogP contribution in [0.1, 0.15) is 23.1 Å². The van der Waals surface area contributed by atoms with Gasteiger partial charge in [0.05, 0.1) is 0 Å². The van der Waals surface area contributed by atoms with Gasteiger partial charge in [-0.3, -0.25) is 4.90 Å². The first-order valence-corrected chi connectivity index (χ1v) is 10.7. The molecule has 0 aliphatic carbocycles. The van der Waals surface area contributed by atoms with Gasteiger partial charge in [0.2, 0.25) is 0 Å². The van der Waals surface area contributed by atoms with Crippen molar-refractivity contribution < 1.29 is 13.2 Å². The first kappa shape index (κ1) is 21.7. The smallest absolute Gasteiger partial charge is 0.164 e. The van der Waals surface area contributed by atoms with E-state index in [1.165, 1.54) is 12.5 Å². The van der Waals surface area contributed by atoms with Crippen LogP contribution in [0.15, 0.2) is 60.7 Å². The van der Waals surface area contributed by atoms with Crippen LogP contribution in [0.3, 0.4) is 0 Å². The molecule has 31 heavy (non-hydrogen) atoms. The van der Waals surface area contributed by atoms with E-state index >= 15 is 0 Å². The Balaban J connectivity index is 1.37. The van der Waals surface area contributed by atoms with Crippen molar-refractivity contribution in [3.63, 3.8) is 0 Å². The highest BCUT2D eigenvalue weighted by Gasteiger charge is 2.20. The van der Waals surface area contributed by atoms with Gasteiger partial charge in [-0.1, -0.05) is 54.1 Å².